The minimum absolute atomic E-state index is 0.105. The van der Waals surface area contributed by atoms with Crippen LogP contribution in [0.15, 0.2) is 72.8 Å². The number of rotatable bonds is 6. The quantitative estimate of drug-likeness (QED) is 0.359. The van der Waals surface area contributed by atoms with Gasteiger partial charge < -0.3 is 5.11 Å². The second kappa shape index (κ2) is 10.5. The maximum atomic E-state index is 13.0. The molecule has 2 heterocycles. The molecule has 0 bridgehead atoms. The van der Waals surface area contributed by atoms with Crippen LogP contribution < -0.4 is 0 Å². The van der Waals surface area contributed by atoms with Crippen molar-refractivity contribution in [1.82, 2.24) is 30.4 Å². The van der Waals surface area contributed by atoms with Gasteiger partial charge in [0.25, 0.3) is 0 Å². The van der Waals surface area contributed by atoms with Gasteiger partial charge in [-0.25, -0.2) is 0 Å². The predicted octanol–water partition coefficient (Wildman–Crippen LogP) is 5.28. The lowest BCUT2D eigenvalue weighted by Gasteiger charge is -2.47. The van der Waals surface area contributed by atoms with Crippen LogP contribution in [0.4, 0.5) is 13.2 Å². The van der Waals surface area contributed by atoms with E-state index >= 15 is 0 Å². The summed E-state index contributed by atoms with van der Waals surface area (Å²) in [5.74, 6) is 0.724. The molecule has 4 aromatic rings. The number of benzene rings is 3. The molecule has 3 atom stereocenters. The number of alkyl halides is 3. The molecule has 1 aliphatic rings. The number of nitrogens with zero attached hydrogens (tertiary/aromatic N) is 5. The molecule has 2 N–H and O–H groups in total. The maximum Gasteiger partial charge on any atom is 0.416 e. The van der Waals surface area contributed by atoms with E-state index in [1.807, 2.05) is 36.4 Å². The molecule has 0 unspecified atom stereocenters. The van der Waals surface area contributed by atoms with Gasteiger partial charge in [-0.05, 0) is 60.0 Å². The molecule has 10 heteroatoms. The van der Waals surface area contributed by atoms with Gasteiger partial charge >= 0.3 is 6.18 Å². The van der Waals surface area contributed by atoms with Crippen LogP contribution in [0, 0.1) is 0 Å². The molecule has 3 aromatic carbocycles. The number of phenols is 1. The summed E-state index contributed by atoms with van der Waals surface area (Å²) in [6.07, 6.45) is -4.34. The fourth-order valence-electron chi connectivity index (χ4n) is 5.21. The molecule has 0 radical (unpaired) electrons. The van der Waals surface area contributed by atoms with Crippen molar-refractivity contribution in [3.63, 3.8) is 0 Å². The van der Waals surface area contributed by atoms with Crippen molar-refractivity contribution in [2.24, 2.45) is 0 Å². The first-order valence-corrected chi connectivity index (χ1v) is 12.5. The van der Waals surface area contributed by atoms with Crippen LogP contribution in [0.5, 0.6) is 5.75 Å². The number of halogens is 3. The Kier molecular flexibility index (Phi) is 7.18. The van der Waals surface area contributed by atoms with E-state index in [0.717, 1.165) is 47.5 Å². The summed E-state index contributed by atoms with van der Waals surface area (Å²) in [5, 5.41) is 24.4. The number of piperazine rings is 1. The highest BCUT2D eigenvalue weighted by atomic mass is 19.4. The van der Waals surface area contributed by atoms with Gasteiger partial charge in [-0.2, -0.15) is 18.4 Å². The number of phenolic OH excluding ortho intramolecular Hbond substituents is 1. The number of nitrogens with one attached hydrogen (secondary N) is 1. The van der Waals surface area contributed by atoms with Gasteiger partial charge in [0.2, 0.25) is 5.82 Å². The molecule has 0 amide bonds. The number of aromatic amines is 1. The Morgan fingerprint density at radius 3 is 2.32 bits per heavy atom. The summed E-state index contributed by atoms with van der Waals surface area (Å²) in [7, 11) is 0. The van der Waals surface area contributed by atoms with Crippen LogP contribution in [0.25, 0.3) is 11.4 Å². The van der Waals surface area contributed by atoms with Gasteiger partial charge in [0.15, 0.2) is 0 Å². The summed E-state index contributed by atoms with van der Waals surface area (Å²) >= 11 is 0. The fraction of sp³-hybridized carbons (Fsp3) is 0.321. The average molecular weight is 523 g/mol. The SMILES string of the molecule is C[C@@H]1CN([C@H](c2ccc(-c3nn[nH]n3)cc2)c2cccc(O)c2)[C@@H](C)CN1Cc1ccc(C(F)(F)F)cc1. The Bertz CT molecular complexity index is 1340. The van der Waals surface area contributed by atoms with E-state index in [1.165, 1.54) is 0 Å². The lowest BCUT2D eigenvalue weighted by atomic mass is 9.92. The van der Waals surface area contributed by atoms with E-state index in [1.54, 1.807) is 24.3 Å². The van der Waals surface area contributed by atoms with E-state index < -0.39 is 11.7 Å². The minimum Gasteiger partial charge on any atom is -0.508 e. The average Bonchev–Trinajstić information content (AvgIpc) is 3.42. The molecular formula is C28H29F3N6O. The second-order valence-corrected chi connectivity index (χ2v) is 9.87. The number of aromatic nitrogens is 4. The zero-order valence-electron chi connectivity index (χ0n) is 21.1. The molecular weight excluding hydrogens is 493 g/mol. The second-order valence-electron chi connectivity index (χ2n) is 9.87. The highest BCUT2D eigenvalue weighted by Crippen LogP contribution is 2.36. The van der Waals surface area contributed by atoms with Gasteiger partial charge in [0.05, 0.1) is 11.6 Å². The Hall–Kier alpha value is -3.76. The number of aromatic hydroxyl groups is 1. The molecule has 0 aliphatic carbocycles. The first-order valence-electron chi connectivity index (χ1n) is 12.5. The third-order valence-corrected chi connectivity index (χ3v) is 7.18. The van der Waals surface area contributed by atoms with Crippen LogP contribution in [0.3, 0.4) is 0 Å². The monoisotopic (exact) mass is 522 g/mol. The molecule has 0 spiro atoms. The number of tetrazole rings is 1. The predicted molar refractivity (Wildman–Crippen MR) is 137 cm³/mol. The minimum atomic E-state index is -4.34. The van der Waals surface area contributed by atoms with Gasteiger partial charge in [0, 0.05) is 37.3 Å². The topological polar surface area (TPSA) is 81.2 Å². The molecule has 198 valence electrons. The smallest absolute Gasteiger partial charge is 0.416 e. The van der Waals surface area contributed by atoms with Gasteiger partial charge in [-0.15, -0.1) is 10.2 Å². The Balaban J connectivity index is 1.38. The largest absolute Gasteiger partial charge is 0.508 e. The van der Waals surface area contributed by atoms with E-state index in [-0.39, 0.29) is 23.9 Å². The highest BCUT2D eigenvalue weighted by Gasteiger charge is 2.35. The summed E-state index contributed by atoms with van der Waals surface area (Å²) in [6, 6.07) is 21.0. The molecule has 38 heavy (non-hydrogen) atoms. The Morgan fingerprint density at radius 1 is 0.947 bits per heavy atom. The lowest BCUT2D eigenvalue weighted by molar-refractivity contribution is -0.137. The van der Waals surface area contributed by atoms with Crippen molar-refractivity contribution in [2.45, 2.75) is 44.7 Å². The molecule has 1 fully saturated rings. The first-order chi connectivity index (χ1) is 18.2. The summed E-state index contributed by atoms with van der Waals surface area (Å²) < 4.78 is 38.9. The van der Waals surface area contributed by atoms with Crippen molar-refractivity contribution >= 4 is 0 Å². The van der Waals surface area contributed by atoms with E-state index in [4.69, 9.17) is 0 Å². The summed E-state index contributed by atoms with van der Waals surface area (Å²) in [5.41, 5.74) is 3.12. The molecule has 5 rings (SSSR count). The first kappa shape index (κ1) is 25.9. The summed E-state index contributed by atoms with van der Waals surface area (Å²) in [4.78, 5) is 4.73. The Morgan fingerprint density at radius 2 is 1.68 bits per heavy atom. The van der Waals surface area contributed by atoms with Gasteiger partial charge in [-0.1, -0.05) is 48.5 Å². The molecule has 1 saturated heterocycles. The van der Waals surface area contributed by atoms with Crippen LogP contribution in [-0.2, 0) is 12.7 Å². The lowest BCUT2D eigenvalue weighted by Crippen LogP contribution is -2.56. The third kappa shape index (κ3) is 5.56. The Labute approximate surface area is 218 Å². The van der Waals surface area contributed by atoms with Gasteiger partial charge in [-0.3, -0.25) is 9.80 Å². The number of hydrogen-bond donors (Lipinski definition) is 2. The van der Waals surface area contributed by atoms with Crippen molar-refractivity contribution in [3.8, 4) is 17.1 Å². The van der Waals surface area contributed by atoms with Crippen molar-refractivity contribution in [2.75, 3.05) is 13.1 Å². The third-order valence-electron chi connectivity index (χ3n) is 7.18. The van der Waals surface area contributed by atoms with Gasteiger partial charge in [0.1, 0.15) is 5.75 Å². The van der Waals surface area contributed by atoms with Crippen molar-refractivity contribution in [1.29, 1.82) is 0 Å². The number of hydrogen-bond acceptors (Lipinski definition) is 6. The van der Waals surface area contributed by atoms with Crippen molar-refractivity contribution < 1.29 is 18.3 Å². The van der Waals surface area contributed by atoms with Crippen molar-refractivity contribution in [3.05, 3.63) is 95.1 Å². The van der Waals surface area contributed by atoms with E-state index in [0.29, 0.717) is 12.4 Å². The molecule has 7 nitrogen and oxygen atoms in total. The van der Waals surface area contributed by atoms with Crippen LogP contribution in [0.2, 0.25) is 0 Å². The molecule has 1 aliphatic heterocycles. The van der Waals surface area contributed by atoms with E-state index in [2.05, 4.69) is 44.3 Å². The van der Waals surface area contributed by atoms with E-state index in [9.17, 15) is 18.3 Å². The maximum absolute atomic E-state index is 13.0. The highest BCUT2D eigenvalue weighted by molar-refractivity contribution is 5.55. The molecule has 0 saturated carbocycles. The summed E-state index contributed by atoms with van der Waals surface area (Å²) in [6.45, 7) is 6.37. The van der Waals surface area contributed by atoms with Crippen LogP contribution in [0.1, 0.15) is 42.1 Å². The molecule has 1 aromatic heterocycles. The van der Waals surface area contributed by atoms with Crippen LogP contribution in [-0.4, -0.2) is 60.7 Å². The fourth-order valence-corrected chi connectivity index (χ4v) is 5.21. The zero-order chi connectivity index (χ0) is 26.9. The normalized spacial score (nSPS) is 19.9. The standard InChI is InChI=1S/C28H29F3N6O/c1-18-16-37(19(2)15-36(18)17-20-6-12-24(13-7-20)28(29,30)31)26(23-4-3-5-25(38)14-23)21-8-10-22(11-9-21)27-32-34-35-33-27/h3-14,18-19,26,38H,15-17H2,1-2H3,(H,32,33,34,35)/t18-,19+,26-/m1/s1. The zero-order valence-corrected chi connectivity index (χ0v) is 21.1. The van der Waals surface area contributed by atoms with Crippen LogP contribution >= 0.6 is 0 Å². The number of H-pyrrole nitrogens is 1.